The van der Waals surface area contributed by atoms with E-state index in [1.54, 1.807) is 0 Å². The lowest BCUT2D eigenvalue weighted by Crippen LogP contribution is -2.42. The van der Waals surface area contributed by atoms with Crippen LogP contribution in [0.2, 0.25) is 0 Å². The molecule has 0 aromatic carbocycles. The second-order valence-corrected chi connectivity index (χ2v) is 3.71. The molecule has 2 N–H and O–H groups in total. The molecule has 0 saturated carbocycles. The number of aliphatic hydroxyl groups excluding tert-OH is 1. The van der Waals surface area contributed by atoms with Crippen LogP contribution >= 0.6 is 0 Å². The minimum Gasteiger partial charge on any atom is -0.382 e. The Morgan fingerprint density at radius 2 is 1.87 bits per heavy atom. The molecule has 0 aliphatic heterocycles. The van der Waals surface area contributed by atoms with Crippen LogP contribution in [-0.4, -0.2) is 30.0 Å². The van der Waals surface area contributed by atoms with Crippen molar-refractivity contribution in [3.63, 3.8) is 0 Å². The Labute approximate surface area is 88.9 Å². The van der Waals surface area contributed by atoms with Gasteiger partial charge in [0.15, 0.2) is 6.10 Å². The van der Waals surface area contributed by atoms with Gasteiger partial charge in [-0.15, -0.1) is 0 Å². The number of aliphatic hydroxyl groups is 1. The second kappa shape index (κ2) is 7.06. The Balaban J connectivity index is 3.79. The minimum absolute atomic E-state index is 0.0712. The molecule has 0 bridgehead atoms. The Hall–Kier alpha value is -0.290. The highest BCUT2D eigenvalue weighted by Crippen LogP contribution is 2.19. The smallest absolute Gasteiger partial charge is 0.382 e. The highest BCUT2D eigenvalue weighted by Gasteiger charge is 2.37. The van der Waals surface area contributed by atoms with Gasteiger partial charge in [0.2, 0.25) is 0 Å². The molecular formula is C10H20F3NO. The molecule has 0 rings (SSSR count). The van der Waals surface area contributed by atoms with Gasteiger partial charge in [-0.05, 0) is 12.8 Å². The molecule has 0 saturated heterocycles. The van der Waals surface area contributed by atoms with Gasteiger partial charge in [-0.25, -0.2) is 0 Å². The van der Waals surface area contributed by atoms with E-state index in [0.717, 1.165) is 25.7 Å². The van der Waals surface area contributed by atoms with Gasteiger partial charge in [-0.1, -0.05) is 26.7 Å². The molecular weight excluding hydrogens is 207 g/mol. The zero-order chi connectivity index (χ0) is 11.9. The van der Waals surface area contributed by atoms with Crippen molar-refractivity contribution >= 4 is 0 Å². The second-order valence-electron chi connectivity index (χ2n) is 3.71. The Kier molecular flexibility index (Phi) is 6.92. The molecule has 0 aliphatic carbocycles. The van der Waals surface area contributed by atoms with E-state index >= 15 is 0 Å². The van der Waals surface area contributed by atoms with Gasteiger partial charge in [0.1, 0.15) is 0 Å². The van der Waals surface area contributed by atoms with Crippen LogP contribution in [0.4, 0.5) is 13.2 Å². The van der Waals surface area contributed by atoms with Crippen molar-refractivity contribution in [2.24, 2.45) is 0 Å². The van der Waals surface area contributed by atoms with Crippen molar-refractivity contribution < 1.29 is 18.3 Å². The van der Waals surface area contributed by atoms with E-state index in [0.29, 0.717) is 0 Å². The molecule has 0 aromatic rings. The number of unbranched alkanes of at least 4 members (excludes halogenated alkanes) is 1. The van der Waals surface area contributed by atoms with Crippen LogP contribution in [0.1, 0.15) is 39.5 Å². The summed E-state index contributed by atoms with van der Waals surface area (Å²) in [5.74, 6) is 0. The minimum atomic E-state index is -4.52. The van der Waals surface area contributed by atoms with E-state index < -0.39 is 18.8 Å². The van der Waals surface area contributed by atoms with Crippen molar-refractivity contribution in [2.75, 3.05) is 6.54 Å². The molecule has 92 valence electrons. The van der Waals surface area contributed by atoms with Crippen LogP contribution in [-0.2, 0) is 0 Å². The summed E-state index contributed by atoms with van der Waals surface area (Å²) >= 11 is 0. The summed E-state index contributed by atoms with van der Waals surface area (Å²) in [6.07, 6.45) is -3.11. The first-order valence-electron chi connectivity index (χ1n) is 5.40. The summed E-state index contributed by atoms with van der Waals surface area (Å²) in [6.45, 7) is 3.55. The largest absolute Gasteiger partial charge is 0.415 e. The van der Waals surface area contributed by atoms with E-state index in [9.17, 15) is 13.2 Å². The van der Waals surface area contributed by atoms with Gasteiger partial charge in [-0.2, -0.15) is 13.2 Å². The van der Waals surface area contributed by atoms with Crippen molar-refractivity contribution in [1.29, 1.82) is 0 Å². The zero-order valence-electron chi connectivity index (χ0n) is 9.27. The van der Waals surface area contributed by atoms with E-state index in [-0.39, 0.29) is 6.04 Å². The van der Waals surface area contributed by atoms with E-state index in [1.165, 1.54) is 0 Å². The average molecular weight is 227 g/mol. The van der Waals surface area contributed by atoms with Gasteiger partial charge in [-0.3, -0.25) is 0 Å². The predicted octanol–water partition coefficient (Wildman–Crippen LogP) is 2.47. The number of hydrogen-bond donors (Lipinski definition) is 2. The first-order chi connectivity index (χ1) is 6.91. The molecule has 0 radical (unpaired) electrons. The van der Waals surface area contributed by atoms with Crippen LogP contribution < -0.4 is 5.32 Å². The zero-order valence-corrected chi connectivity index (χ0v) is 9.27. The van der Waals surface area contributed by atoms with Gasteiger partial charge in [0.05, 0.1) is 0 Å². The molecule has 0 amide bonds. The Morgan fingerprint density at radius 3 is 2.27 bits per heavy atom. The van der Waals surface area contributed by atoms with Crippen LogP contribution in [0.5, 0.6) is 0 Å². The third-order valence-corrected chi connectivity index (χ3v) is 2.38. The normalized spacial score (nSPS) is 16.4. The van der Waals surface area contributed by atoms with E-state index in [2.05, 4.69) is 5.32 Å². The van der Waals surface area contributed by atoms with E-state index in [4.69, 9.17) is 5.11 Å². The molecule has 0 spiro atoms. The van der Waals surface area contributed by atoms with Crippen molar-refractivity contribution in [3.05, 3.63) is 0 Å². The number of nitrogens with one attached hydrogen (secondary N) is 1. The number of hydrogen-bond acceptors (Lipinski definition) is 2. The lowest BCUT2D eigenvalue weighted by molar-refractivity contribution is -0.202. The lowest BCUT2D eigenvalue weighted by Gasteiger charge is -2.20. The fourth-order valence-electron chi connectivity index (χ4n) is 1.30. The quantitative estimate of drug-likeness (QED) is 0.700. The summed E-state index contributed by atoms with van der Waals surface area (Å²) in [6, 6.07) is 0.0712. The summed E-state index contributed by atoms with van der Waals surface area (Å²) in [4.78, 5) is 0. The molecule has 0 heterocycles. The summed E-state index contributed by atoms with van der Waals surface area (Å²) in [5.41, 5.74) is 0. The molecule has 0 aromatic heterocycles. The summed E-state index contributed by atoms with van der Waals surface area (Å²) in [7, 11) is 0. The number of alkyl halides is 3. The summed E-state index contributed by atoms with van der Waals surface area (Å²) in [5, 5.41) is 11.5. The first kappa shape index (κ1) is 14.7. The van der Waals surface area contributed by atoms with Crippen molar-refractivity contribution in [2.45, 2.75) is 57.9 Å². The van der Waals surface area contributed by atoms with Crippen LogP contribution in [0.3, 0.4) is 0 Å². The van der Waals surface area contributed by atoms with Gasteiger partial charge in [0.25, 0.3) is 0 Å². The van der Waals surface area contributed by atoms with Crippen LogP contribution in [0.15, 0.2) is 0 Å². The molecule has 2 nitrogen and oxygen atoms in total. The lowest BCUT2D eigenvalue weighted by atomic mass is 10.1. The number of rotatable bonds is 7. The summed E-state index contributed by atoms with van der Waals surface area (Å²) < 4.78 is 35.9. The predicted molar refractivity (Wildman–Crippen MR) is 53.7 cm³/mol. The standard InChI is InChI=1S/C10H20F3NO/c1-3-5-6-8(4-2)14-7-9(15)10(11,12)13/h8-9,14-15H,3-7H2,1-2H3. The van der Waals surface area contributed by atoms with Gasteiger partial charge >= 0.3 is 6.18 Å². The SMILES string of the molecule is CCCCC(CC)NCC(O)C(F)(F)F. The third kappa shape index (κ3) is 6.73. The Morgan fingerprint density at radius 1 is 1.27 bits per heavy atom. The molecule has 5 heteroatoms. The molecule has 0 fully saturated rings. The maximum atomic E-state index is 12.0. The monoisotopic (exact) mass is 227 g/mol. The maximum absolute atomic E-state index is 12.0. The van der Waals surface area contributed by atoms with E-state index in [1.807, 2.05) is 13.8 Å². The third-order valence-electron chi connectivity index (χ3n) is 2.38. The topological polar surface area (TPSA) is 32.3 Å². The molecule has 15 heavy (non-hydrogen) atoms. The van der Waals surface area contributed by atoms with Crippen molar-refractivity contribution in [1.82, 2.24) is 5.32 Å². The Bertz CT molecular complexity index is 161. The highest BCUT2D eigenvalue weighted by molar-refractivity contribution is 4.72. The van der Waals surface area contributed by atoms with Gasteiger partial charge < -0.3 is 10.4 Å². The van der Waals surface area contributed by atoms with Crippen LogP contribution in [0, 0.1) is 0 Å². The fourth-order valence-corrected chi connectivity index (χ4v) is 1.30. The molecule has 2 atom stereocenters. The first-order valence-corrected chi connectivity index (χ1v) is 5.40. The van der Waals surface area contributed by atoms with Crippen LogP contribution in [0.25, 0.3) is 0 Å². The molecule has 0 aliphatic rings. The number of halogens is 3. The van der Waals surface area contributed by atoms with Crippen molar-refractivity contribution in [3.8, 4) is 0 Å². The average Bonchev–Trinajstić information content (AvgIpc) is 2.16. The molecule has 2 unspecified atom stereocenters. The highest BCUT2D eigenvalue weighted by atomic mass is 19.4. The fraction of sp³-hybridized carbons (Fsp3) is 1.00. The van der Waals surface area contributed by atoms with Gasteiger partial charge in [0, 0.05) is 12.6 Å². The maximum Gasteiger partial charge on any atom is 0.415 e.